The number of hydrogen-bond donors (Lipinski definition) is 1. The van der Waals surface area contributed by atoms with Gasteiger partial charge in [-0.25, -0.2) is 0 Å². The van der Waals surface area contributed by atoms with Gasteiger partial charge in [0.2, 0.25) is 5.91 Å². The number of amides is 1. The van der Waals surface area contributed by atoms with Gasteiger partial charge in [-0.05, 0) is 29.8 Å². The molecule has 2 aromatic carbocycles. The summed E-state index contributed by atoms with van der Waals surface area (Å²) < 4.78 is 7.52. The van der Waals surface area contributed by atoms with Gasteiger partial charge in [-0.2, -0.15) is 0 Å². The monoisotopic (exact) mass is 348 g/mol. The summed E-state index contributed by atoms with van der Waals surface area (Å²) >= 11 is 0. The quantitative estimate of drug-likeness (QED) is 0.602. The van der Waals surface area contributed by atoms with Crippen molar-refractivity contribution in [2.24, 2.45) is 7.05 Å². The van der Waals surface area contributed by atoms with Crippen LogP contribution in [0.2, 0.25) is 0 Å². The van der Waals surface area contributed by atoms with E-state index in [1.165, 1.54) is 0 Å². The second-order valence-electron chi connectivity index (χ2n) is 6.64. The van der Waals surface area contributed by atoms with Crippen molar-refractivity contribution in [2.75, 3.05) is 0 Å². The van der Waals surface area contributed by atoms with Crippen LogP contribution in [0.4, 0.5) is 0 Å². The number of carbonyl (C=O) groups is 1. The molecule has 6 heteroatoms. The lowest BCUT2D eigenvalue weighted by Gasteiger charge is -2.11. The van der Waals surface area contributed by atoms with Crippen LogP contribution in [0.1, 0.15) is 18.4 Å². The van der Waals surface area contributed by atoms with Gasteiger partial charge in [0.15, 0.2) is 0 Å². The van der Waals surface area contributed by atoms with E-state index in [9.17, 15) is 4.79 Å². The van der Waals surface area contributed by atoms with Crippen LogP contribution in [0.15, 0.2) is 53.1 Å². The minimum atomic E-state index is -0.0650. The lowest BCUT2D eigenvalue weighted by molar-refractivity contribution is -0.121. The molecule has 26 heavy (non-hydrogen) atoms. The highest BCUT2D eigenvalue weighted by atomic mass is 16.3. The molecule has 0 aliphatic heterocycles. The van der Waals surface area contributed by atoms with E-state index in [0.29, 0.717) is 12.2 Å². The van der Waals surface area contributed by atoms with E-state index in [1.54, 1.807) is 4.68 Å². The molecular weight excluding hydrogens is 328 g/mol. The van der Waals surface area contributed by atoms with E-state index in [2.05, 4.69) is 27.8 Å². The Balaban J connectivity index is 1.46. The molecule has 4 rings (SSSR count). The number of rotatable bonds is 5. The third-order valence-electron chi connectivity index (χ3n) is 4.38. The summed E-state index contributed by atoms with van der Waals surface area (Å²) in [7, 11) is 1.82. The van der Waals surface area contributed by atoms with Crippen molar-refractivity contribution in [1.29, 1.82) is 0 Å². The molecule has 0 saturated carbocycles. The Morgan fingerprint density at radius 1 is 1.23 bits per heavy atom. The Bertz CT molecular complexity index is 1080. The summed E-state index contributed by atoms with van der Waals surface area (Å²) in [6, 6.07) is 14.1. The second kappa shape index (κ2) is 6.63. The molecule has 2 aromatic heterocycles. The Kier molecular flexibility index (Phi) is 4.16. The highest BCUT2D eigenvalue weighted by molar-refractivity contribution is 6.06. The molecule has 1 amide bonds. The van der Waals surface area contributed by atoms with E-state index in [-0.39, 0.29) is 18.4 Å². The van der Waals surface area contributed by atoms with Gasteiger partial charge in [0.1, 0.15) is 11.3 Å². The highest BCUT2D eigenvalue weighted by Crippen LogP contribution is 2.28. The Hall–Kier alpha value is -3.15. The molecule has 2 heterocycles. The van der Waals surface area contributed by atoms with Crippen molar-refractivity contribution in [3.05, 3.63) is 60.1 Å². The molecule has 132 valence electrons. The first-order valence-electron chi connectivity index (χ1n) is 8.63. The standard InChI is InChI=1S/C20H20N4O2/c1-13(9-15-12-24(2)23-22-15)21-20(25)11-16-10-18-17-6-4-3-5-14(17)7-8-19(18)26-16/h3-8,10,12-13H,9,11H2,1-2H3,(H,21,25)/t13-/m1/s1. The Morgan fingerprint density at radius 2 is 2.08 bits per heavy atom. The first kappa shape index (κ1) is 16.3. The summed E-state index contributed by atoms with van der Waals surface area (Å²) in [6.07, 6.45) is 2.71. The van der Waals surface area contributed by atoms with Crippen LogP contribution >= 0.6 is 0 Å². The van der Waals surface area contributed by atoms with Gasteiger partial charge >= 0.3 is 0 Å². The SMILES string of the molecule is C[C@H](Cc1cn(C)nn1)NC(=O)Cc1cc2c(ccc3ccccc32)o1. The zero-order valence-electron chi connectivity index (χ0n) is 14.8. The Labute approximate surface area is 150 Å². The van der Waals surface area contributed by atoms with Gasteiger partial charge < -0.3 is 9.73 Å². The van der Waals surface area contributed by atoms with E-state index in [4.69, 9.17) is 4.42 Å². The van der Waals surface area contributed by atoms with Crippen molar-refractivity contribution in [3.63, 3.8) is 0 Å². The average molecular weight is 348 g/mol. The molecule has 1 N–H and O–H groups in total. The molecule has 0 radical (unpaired) electrons. The minimum absolute atomic E-state index is 0.0237. The average Bonchev–Trinajstić information content (AvgIpc) is 3.20. The molecule has 0 aliphatic rings. The predicted octanol–water partition coefficient (Wildman–Crippen LogP) is 3.00. The zero-order valence-corrected chi connectivity index (χ0v) is 14.8. The first-order valence-corrected chi connectivity index (χ1v) is 8.63. The normalized spacial score (nSPS) is 12.5. The molecule has 0 bridgehead atoms. The van der Waals surface area contributed by atoms with Crippen molar-refractivity contribution in [2.45, 2.75) is 25.8 Å². The number of carbonyl (C=O) groups excluding carboxylic acids is 1. The van der Waals surface area contributed by atoms with Crippen LogP contribution in [0, 0.1) is 0 Å². The van der Waals surface area contributed by atoms with E-state index in [0.717, 1.165) is 27.4 Å². The third kappa shape index (κ3) is 3.31. The van der Waals surface area contributed by atoms with Crippen LogP contribution in [0.5, 0.6) is 0 Å². The van der Waals surface area contributed by atoms with Crippen LogP contribution < -0.4 is 5.32 Å². The van der Waals surface area contributed by atoms with Gasteiger partial charge in [-0.3, -0.25) is 9.48 Å². The van der Waals surface area contributed by atoms with E-state index in [1.807, 2.05) is 50.5 Å². The lowest BCUT2D eigenvalue weighted by Crippen LogP contribution is -2.35. The molecule has 0 saturated heterocycles. The van der Waals surface area contributed by atoms with Gasteiger partial charge in [-0.1, -0.05) is 35.5 Å². The lowest BCUT2D eigenvalue weighted by atomic mass is 10.1. The summed E-state index contributed by atoms with van der Waals surface area (Å²) in [6.45, 7) is 1.96. The second-order valence-corrected chi connectivity index (χ2v) is 6.64. The van der Waals surface area contributed by atoms with Gasteiger partial charge in [0, 0.05) is 31.1 Å². The third-order valence-corrected chi connectivity index (χ3v) is 4.38. The highest BCUT2D eigenvalue weighted by Gasteiger charge is 2.14. The van der Waals surface area contributed by atoms with Crippen molar-refractivity contribution in [3.8, 4) is 0 Å². The largest absolute Gasteiger partial charge is 0.461 e. The topological polar surface area (TPSA) is 73.0 Å². The number of benzene rings is 2. The number of furan rings is 1. The van der Waals surface area contributed by atoms with Crippen LogP contribution in [-0.4, -0.2) is 26.9 Å². The maximum absolute atomic E-state index is 12.3. The summed E-state index contributed by atoms with van der Waals surface area (Å²) in [4.78, 5) is 12.3. The summed E-state index contributed by atoms with van der Waals surface area (Å²) in [5, 5.41) is 14.3. The molecule has 6 nitrogen and oxygen atoms in total. The number of aromatic nitrogens is 3. The molecule has 0 aliphatic carbocycles. The minimum Gasteiger partial charge on any atom is -0.461 e. The maximum atomic E-state index is 12.3. The van der Waals surface area contributed by atoms with Gasteiger partial charge in [-0.15, -0.1) is 5.10 Å². The smallest absolute Gasteiger partial charge is 0.227 e. The van der Waals surface area contributed by atoms with Crippen molar-refractivity contribution < 1.29 is 9.21 Å². The first-order chi connectivity index (χ1) is 12.6. The van der Waals surface area contributed by atoms with E-state index >= 15 is 0 Å². The van der Waals surface area contributed by atoms with Gasteiger partial charge in [0.25, 0.3) is 0 Å². The number of fused-ring (bicyclic) bond motifs is 3. The molecule has 1 atom stereocenters. The van der Waals surface area contributed by atoms with Crippen molar-refractivity contribution >= 4 is 27.6 Å². The Morgan fingerprint density at radius 3 is 2.88 bits per heavy atom. The van der Waals surface area contributed by atoms with Gasteiger partial charge in [0.05, 0.1) is 12.1 Å². The molecule has 0 spiro atoms. The number of nitrogens with zero attached hydrogens (tertiary/aromatic N) is 3. The fraction of sp³-hybridized carbons (Fsp3) is 0.250. The summed E-state index contributed by atoms with van der Waals surface area (Å²) in [5.74, 6) is 0.602. The fourth-order valence-electron chi connectivity index (χ4n) is 3.27. The number of aryl methyl sites for hydroxylation is 1. The van der Waals surface area contributed by atoms with Crippen LogP contribution in [-0.2, 0) is 24.7 Å². The molecule has 4 aromatic rings. The molecular formula is C20H20N4O2. The summed E-state index contributed by atoms with van der Waals surface area (Å²) in [5.41, 5.74) is 1.66. The van der Waals surface area contributed by atoms with E-state index < -0.39 is 0 Å². The predicted molar refractivity (Wildman–Crippen MR) is 99.7 cm³/mol. The maximum Gasteiger partial charge on any atom is 0.227 e. The van der Waals surface area contributed by atoms with Crippen molar-refractivity contribution in [1.82, 2.24) is 20.3 Å². The zero-order chi connectivity index (χ0) is 18.1. The van der Waals surface area contributed by atoms with Crippen LogP contribution in [0.3, 0.4) is 0 Å². The van der Waals surface area contributed by atoms with Crippen LogP contribution in [0.25, 0.3) is 21.7 Å². The number of nitrogens with one attached hydrogen (secondary N) is 1. The molecule has 0 unspecified atom stereocenters. The number of hydrogen-bond acceptors (Lipinski definition) is 4. The molecule has 0 fully saturated rings. The fourth-order valence-corrected chi connectivity index (χ4v) is 3.27.